The Morgan fingerprint density at radius 1 is 0.652 bits per heavy atom. The molecule has 69 heavy (non-hydrogen) atoms. The number of likely N-dealkylation sites (N-methyl/N-ethyl adjacent to an activating group) is 2. The monoisotopic (exact) mass is 931 g/mol. The van der Waals surface area contributed by atoms with Gasteiger partial charge in [-0.25, -0.2) is 9.59 Å². The molecule has 356 valence electrons. The normalized spacial score (nSPS) is 16.4. The zero-order valence-corrected chi connectivity index (χ0v) is 39.9. The summed E-state index contributed by atoms with van der Waals surface area (Å²) in [5.74, 6) is -0.0690. The molecule has 6 heterocycles. The average Bonchev–Trinajstić information content (AvgIpc) is 3.93. The van der Waals surface area contributed by atoms with Crippen LogP contribution in [-0.2, 0) is 16.0 Å². The second kappa shape index (κ2) is 19.3. The Labute approximate surface area is 400 Å². The number of carbonyl (C=O) groups excluding carboxylic acids is 2. The van der Waals surface area contributed by atoms with Gasteiger partial charge in [0.05, 0.1) is 25.3 Å². The molecule has 2 saturated heterocycles. The molecule has 2 atom stereocenters. The number of benzene rings is 4. The van der Waals surface area contributed by atoms with Crippen molar-refractivity contribution >= 4 is 55.4 Å². The number of furan rings is 2. The van der Waals surface area contributed by atoms with E-state index in [1.165, 1.54) is 0 Å². The number of fused-ring (bicyclic) bond motifs is 6. The molecule has 8 aromatic rings. The highest BCUT2D eigenvalue weighted by atomic mass is 16.5. The number of nitrogens with zero attached hydrogens (tertiary/aromatic N) is 6. The summed E-state index contributed by atoms with van der Waals surface area (Å²) >= 11 is 0. The molecule has 4 aromatic carbocycles. The predicted molar refractivity (Wildman–Crippen MR) is 264 cm³/mol. The van der Waals surface area contributed by atoms with E-state index in [1.807, 2.05) is 89.8 Å². The standard InChI is InChI=1S/C55H58N6O8/c1-6-58-27-31-61(32-28-58)49(46-44-42(54(64)66-7-2)34(4)68-52(44)39-15-11-9-13-37(39)50(46)62)36-19-23-59(24-20-36)33-41-43(55(65)67-8-3)45-47(51(63)38-14-10-12-16-40(38)53(45)69-41)48(35-17-21-56-22-18-35)60-29-25-57(5)26-30-60/h9-24,48-49H,6-8,25-33H2,1-5H3,(H-,62,63)/p+1. The third-order valence-corrected chi connectivity index (χ3v) is 14.2. The van der Waals surface area contributed by atoms with Crippen molar-refractivity contribution in [3.63, 3.8) is 0 Å². The van der Waals surface area contributed by atoms with Crippen molar-refractivity contribution in [1.29, 1.82) is 0 Å². The lowest BCUT2D eigenvalue weighted by atomic mass is 9.88. The highest BCUT2D eigenvalue weighted by Crippen LogP contribution is 2.49. The summed E-state index contributed by atoms with van der Waals surface area (Å²) in [6.45, 7) is 15.1. The van der Waals surface area contributed by atoms with Crippen molar-refractivity contribution in [1.82, 2.24) is 24.6 Å². The molecule has 0 spiro atoms. The van der Waals surface area contributed by atoms with Crippen molar-refractivity contribution in [2.75, 3.05) is 79.2 Å². The van der Waals surface area contributed by atoms with E-state index in [9.17, 15) is 19.8 Å². The molecule has 14 heteroatoms. The molecule has 0 saturated carbocycles. The number of phenols is 2. The van der Waals surface area contributed by atoms with E-state index in [2.05, 4.69) is 38.6 Å². The Bertz CT molecular complexity index is 3190. The van der Waals surface area contributed by atoms with Gasteiger partial charge in [-0.15, -0.1) is 0 Å². The quantitative estimate of drug-likeness (QED) is 0.0844. The van der Waals surface area contributed by atoms with Gasteiger partial charge in [-0.2, -0.15) is 4.57 Å². The van der Waals surface area contributed by atoms with Crippen molar-refractivity contribution in [3.8, 4) is 11.5 Å². The minimum atomic E-state index is -0.541. The molecular formula is C55H59N6O8+. The third-order valence-electron chi connectivity index (χ3n) is 14.2. The Kier molecular flexibility index (Phi) is 12.8. The number of aryl methyl sites for hydroxylation is 1. The lowest BCUT2D eigenvalue weighted by Crippen LogP contribution is -2.47. The third kappa shape index (κ3) is 8.24. The van der Waals surface area contributed by atoms with Gasteiger partial charge in [0.2, 0.25) is 6.54 Å². The van der Waals surface area contributed by atoms with Crippen LogP contribution in [0.25, 0.3) is 43.5 Å². The van der Waals surface area contributed by atoms with Gasteiger partial charge in [0.1, 0.15) is 39.6 Å². The molecular weight excluding hydrogens is 873 g/mol. The lowest BCUT2D eigenvalue weighted by Gasteiger charge is -2.39. The largest absolute Gasteiger partial charge is 0.507 e. The number of carbonyl (C=O) groups is 2. The number of piperazine rings is 2. The van der Waals surface area contributed by atoms with Crippen LogP contribution in [0.4, 0.5) is 0 Å². The van der Waals surface area contributed by atoms with Crippen molar-refractivity contribution in [2.45, 2.75) is 46.3 Å². The van der Waals surface area contributed by atoms with E-state index in [-0.39, 0.29) is 36.8 Å². The number of rotatable bonds is 13. The summed E-state index contributed by atoms with van der Waals surface area (Å²) in [4.78, 5) is 42.1. The molecule has 2 fully saturated rings. The molecule has 0 bridgehead atoms. The molecule has 2 aliphatic heterocycles. The van der Waals surface area contributed by atoms with Gasteiger partial charge in [-0.3, -0.25) is 14.8 Å². The zero-order chi connectivity index (χ0) is 47.9. The average molecular weight is 932 g/mol. The van der Waals surface area contributed by atoms with Gasteiger partial charge < -0.3 is 38.3 Å². The van der Waals surface area contributed by atoms with Crippen LogP contribution in [0.1, 0.15) is 87.3 Å². The molecule has 4 aromatic heterocycles. The number of aromatic hydroxyl groups is 2. The van der Waals surface area contributed by atoms with Crippen LogP contribution in [0.2, 0.25) is 0 Å². The number of phenolic OH excluding ortho intramolecular Hbond substituents is 2. The van der Waals surface area contributed by atoms with E-state index >= 15 is 0 Å². The number of aromatic nitrogens is 2. The summed E-state index contributed by atoms with van der Waals surface area (Å²) in [5, 5.41) is 28.7. The zero-order valence-electron chi connectivity index (χ0n) is 39.9. The maximum Gasteiger partial charge on any atom is 0.342 e. The molecule has 2 aliphatic rings. The predicted octanol–water partition coefficient (Wildman–Crippen LogP) is 8.35. The fraction of sp³-hybridized carbons (Fsp3) is 0.345. The Morgan fingerprint density at radius 3 is 1.67 bits per heavy atom. The summed E-state index contributed by atoms with van der Waals surface area (Å²) in [6.07, 6.45) is 7.43. The smallest absolute Gasteiger partial charge is 0.342 e. The minimum absolute atomic E-state index is 0.0818. The highest BCUT2D eigenvalue weighted by molar-refractivity contribution is 6.18. The fourth-order valence-electron chi connectivity index (χ4n) is 10.7. The molecule has 10 rings (SSSR count). The van der Waals surface area contributed by atoms with Crippen LogP contribution < -0.4 is 4.57 Å². The van der Waals surface area contributed by atoms with E-state index in [1.54, 1.807) is 33.2 Å². The first kappa shape index (κ1) is 45.9. The number of pyridine rings is 2. The topological polar surface area (TPSA) is 149 Å². The van der Waals surface area contributed by atoms with Crippen LogP contribution >= 0.6 is 0 Å². The van der Waals surface area contributed by atoms with Crippen LogP contribution in [-0.4, -0.2) is 126 Å². The van der Waals surface area contributed by atoms with Gasteiger partial charge in [0.15, 0.2) is 18.2 Å². The Morgan fingerprint density at radius 2 is 1.13 bits per heavy atom. The lowest BCUT2D eigenvalue weighted by molar-refractivity contribution is -0.690. The number of hydrogen-bond acceptors (Lipinski definition) is 13. The fourth-order valence-corrected chi connectivity index (χ4v) is 10.7. The molecule has 2 unspecified atom stereocenters. The van der Waals surface area contributed by atoms with Crippen LogP contribution in [0.5, 0.6) is 11.5 Å². The first-order valence-corrected chi connectivity index (χ1v) is 24.1. The first-order valence-electron chi connectivity index (χ1n) is 24.1. The van der Waals surface area contributed by atoms with E-state index in [4.69, 9.17) is 18.3 Å². The van der Waals surface area contributed by atoms with E-state index in [0.29, 0.717) is 84.8 Å². The summed E-state index contributed by atoms with van der Waals surface area (Å²) < 4.78 is 26.8. The Hall–Kier alpha value is -6.84. The molecule has 14 nitrogen and oxygen atoms in total. The van der Waals surface area contributed by atoms with Gasteiger partial charge >= 0.3 is 11.9 Å². The van der Waals surface area contributed by atoms with Crippen LogP contribution in [0.15, 0.2) is 106 Å². The van der Waals surface area contributed by atoms with E-state index in [0.717, 1.165) is 56.9 Å². The summed E-state index contributed by atoms with van der Waals surface area (Å²) in [5.41, 5.74) is 4.58. The highest BCUT2D eigenvalue weighted by Gasteiger charge is 2.38. The second-order valence-electron chi connectivity index (χ2n) is 18.1. The second-order valence-corrected chi connectivity index (χ2v) is 18.1. The summed E-state index contributed by atoms with van der Waals surface area (Å²) in [7, 11) is 2.11. The summed E-state index contributed by atoms with van der Waals surface area (Å²) in [6, 6.07) is 22.2. The maximum atomic E-state index is 14.5. The van der Waals surface area contributed by atoms with Gasteiger partial charge in [0, 0.05) is 120 Å². The van der Waals surface area contributed by atoms with Crippen molar-refractivity contribution < 1.29 is 42.7 Å². The Balaban J connectivity index is 1.14. The molecule has 2 N–H and O–H groups in total. The molecule has 0 amide bonds. The van der Waals surface area contributed by atoms with Crippen molar-refractivity contribution in [3.05, 3.63) is 142 Å². The first-order chi connectivity index (χ1) is 33.6. The number of hydrogen-bond donors (Lipinski definition) is 2. The molecule has 0 aliphatic carbocycles. The van der Waals surface area contributed by atoms with Gasteiger partial charge in [0.25, 0.3) is 0 Å². The van der Waals surface area contributed by atoms with Crippen LogP contribution in [0, 0.1) is 6.92 Å². The number of esters is 2. The van der Waals surface area contributed by atoms with Gasteiger partial charge in [-0.1, -0.05) is 55.5 Å². The SMILES string of the molecule is CCOC(=O)c1c(C)oc2c1c(C(c1cc[n+](Cc3oc4c(c3C(=O)OCC)c(C(c3ccncc3)N3CCN(C)CC3)c(O)c3ccccc34)cc1)N1CCN(CC)CC1)c(O)c1ccccc12. The van der Waals surface area contributed by atoms with E-state index < -0.39 is 24.0 Å². The maximum absolute atomic E-state index is 14.5. The van der Waals surface area contributed by atoms with Gasteiger partial charge in [-0.05, 0) is 57.6 Å². The van der Waals surface area contributed by atoms with Crippen LogP contribution in [0.3, 0.4) is 0 Å². The number of ether oxygens (including phenoxy) is 2. The molecule has 0 radical (unpaired) electrons. The van der Waals surface area contributed by atoms with Crippen molar-refractivity contribution in [2.24, 2.45) is 0 Å². The minimum Gasteiger partial charge on any atom is -0.507 e.